The number of nitrogens with one attached hydrogen (secondary N) is 1. The number of carbonyl (C=O) groups excluding carboxylic acids is 2. The summed E-state index contributed by atoms with van der Waals surface area (Å²) in [4.78, 5) is 26.7. The average molecular weight is 335 g/mol. The van der Waals surface area contributed by atoms with Crippen molar-refractivity contribution in [1.29, 1.82) is 0 Å². The highest BCUT2D eigenvalue weighted by Crippen LogP contribution is 2.31. The first kappa shape index (κ1) is 16.5. The number of rotatable bonds is 4. The fourth-order valence-corrected chi connectivity index (χ4v) is 2.37. The Bertz CT molecular complexity index is 960. The largest absolute Gasteiger partial charge is 0.423 e. The monoisotopic (exact) mass is 335 g/mol. The molecular formula is C20H17NO4. The molecule has 0 saturated heterocycles. The minimum Gasteiger partial charge on any atom is -0.423 e. The van der Waals surface area contributed by atoms with Crippen LogP contribution in [-0.4, -0.2) is 16.9 Å². The van der Waals surface area contributed by atoms with Crippen molar-refractivity contribution in [3.63, 3.8) is 0 Å². The van der Waals surface area contributed by atoms with E-state index in [1.54, 1.807) is 38.1 Å². The topological polar surface area (TPSA) is 68.4 Å². The first-order valence-corrected chi connectivity index (χ1v) is 7.66. The third-order valence-electron chi connectivity index (χ3n) is 3.66. The van der Waals surface area contributed by atoms with Crippen molar-refractivity contribution in [2.24, 2.45) is 0 Å². The van der Waals surface area contributed by atoms with Crippen LogP contribution >= 0.6 is 0 Å². The molecule has 2 aromatic carbocycles. The molecule has 0 unspecified atom stereocenters. The third kappa shape index (κ3) is 3.30. The van der Waals surface area contributed by atoms with Gasteiger partial charge in [-0.25, -0.2) is 9.59 Å². The van der Waals surface area contributed by atoms with Crippen molar-refractivity contribution in [3.8, 4) is 11.5 Å². The number of ether oxygens (including phenoxy) is 2. The minimum atomic E-state index is -0.477. The van der Waals surface area contributed by atoms with Crippen molar-refractivity contribution in [2.45, 2.75) is 13.8 Å². The molecule has 5 nitrogen and oxygen atoms in total. The van der Waals surface area contributed by atoms with Gasteiger partial charge in [-0.2, -0.15) is 0 Å². The summed E-state index contributed by atoms with van der Waals surface area (Å²) in [5, 5.41) is 1.71. The maximum Gasteiger partial charge on any atom is 0.338 e. The molecule has 0 aliphatic heterocycles. The van der Waals surface area contributed by atoms with E-state index in [-0.39, 0.29) is 0 Å². The first-order valence-electron chi connectivity index (χ1n) is 7.66. The van der Waals surface area contributed by atoms with Crippen LogP contribution in [0.4, 0.5) is 0 Å². The molecule has 0 fully saturated rings. The molecule has 1 N–H and O–H groups in total. The Hall–Kier alpha value is -3.34. The minimum absolute atomic E-state index is 0.327. The quantitative estimate of drug-likeness (QED) is 0.439. The fraction of sp³-hybridized carbons (Fsp3) is 0.100. The first-order chi connectivity index (χ1) is 11.8. The molecule has 0 amide bonds. The number of carbonyl (C=O) groups is 2. The van der Waals surface area contributed by atoms with E-state index in [1.807, 2.05) is 12.1 Å². The van der Waals surface area contributed by atoms with Gasteiger partial charge >= 0.3 is 11.9 Å². The number of fused-ring (bicyclic) bond motifs is 3. The Morgan fingerprint density at radius 1 is 0.800 bits per heavy atom. The van der Waals surface area contributed by atoms with Crippen LogP contribution in [0, 0.1) is 0 Å². The average Bonchev–Trinajstić information content (AvgIpc) is 2.92. The molecule has 0 radical (unpaired) electrons. The van der Waals surface area contributed by atoms with E-state index in [2.05, 4.69) is 18.1 Å². The zero-order valence-corrected chi connectivity index (χ0v) is 14.0. The second-order valence-electron chi connectivity index (χ2n) is 5.88. The van der Waals surface area contributed by atoms with Crippen LogP contribution in [0.15, 0.2) is 60.7 Å². The van der Waals surface area contributed by atoms with Gasteiger partial charge in [0.1, 0.15) is 11.5 Å². The summed E-state index contributed by atoms with van der Waals surface area (Å²) >= 11 is 0. The van der Waals surface area contributed by atoms with Crippen molar-refractivity contribution in [1.82, 2.24) is 4.98 Å². The molecule has 3 rings (SSSR count). The molecule has 0 spiro atoms. The highest BCUT2D eigenvalue weighted by molar-refractivity contribution is 6.08. The molecule has 0 aliphatic rings. The zero-order valence-electron chi connectivity index (χ0n) is 14.0. The van der Waals surface area contributed by atoms with Crippen LogP contribution in [0.3, 0.4) is 0 Å². The second-order valence-corrected chi connectivity index (χ2v) is 5.88. The number of aromatic amines is 1. The molecule has 1 heterocycles. The van der Waals surface area contributed by atoms with Crippen LogP contribution in [0.2, 0.25) is 0 Å². The molecule has 3 aromatic rings. The molecule has 126 valence electrons. The van der Waals surface area contributed by atoms with Gasteiger partial charge in [0.05, 0.1) is 0 Å². The lowest BCUT2D eigenvalue weighted by Crippen LogP contribution is -2.08. The van der Waals surface area contributed by atoms with Gasteiger partial charge in [-0.15, -0.1) is 0 Å². The van der Waals surface area contributed by atoms with E-state index in [9.17, 15) is 9.59 Å². The van der Waals surface area contributed by atoms with Crippen LogP contribution in [-0.2, 0) is 9.59 Å². The van der Waals surface area contributed by atoms with Gasteiger partial charge < -0.3 is 14.5 Å². The fourth-order valence-electron chi connectivity index (χ4n) is 2.37. The van der Waals surface area contributed by atoms with Crippen molar-refractivity contribution >= 4 is 33.7 Å². The normalized spacial score (nSPS) is 10.6. The van der Waals surface area contributed by atoms with Crippen LogP contribution in [0.5, 0.6) is 11.5 Å². The number of benzene rings is 2. The summed E-state index contributed by atoms with van der Waals surface area (Å²) in [7, 11) is 0. The zero-order chi connectivity index (χ0) is 18.1. The molecule has 5 heteroatoms. The van der Waals surface area contributed by atoms with Crippen molar-refractivity contribution in [3.05, 3.63) is 60.7 Å². The van der Waals surface area contributed by atoms with Gasteiger partial charge in [0.15, 0.2) is 0 Å². The molecule has 25 heavy (non-hydrogen) atoms. The standard InChI is InChI=1S/C20H17NO4/c1-11(2)19(22)24-13-5-7-17-15(9-13)16-10-14(6-8-18(16)21-17)25-20(23)12(3)4/h5-10,21H,1,3H2,2,4H3. The number of H-pyrrole nitrogens is 1. The summed E-state index contributed by atoms with van der Waals surface area (Å²) in [6.07, 6.45) is 0. The van der Waals surface area contributed by atoms with Crippen LogP contribution in [0.25, 0.3) is 21.8 Å². The van der Waals surface area contributed by atoms with Crippen molar-refractivity contribution < 1.29 is 19.1 Å². The Labute approximate surface area is 144 Å². The van der Waals surface area contributed by atoms with E-state index in [1.165, 1.54) is 0 Å². The lowest BCUT2D eigenvalue weighted by molar-refractivity contribution is -0.130. The SMILES string of the molecule is C=C(C)C(=O)Oc1ccc2[nH]c3ccc(OC(=O)C(=C)C)cc3c2c1. The molecule has 0 aliphatic carbocycles. The summed E-state index contributed by atoms with van der Waals surface area (Å²) in [6, 6.07) is 10.6. The summed E-state index contributed by atoms with van der Waals surface area (Å²) < 4.78 is 10.6. The van der Waals surface area contributed by atoms with E-state index in [4.69, 9.17) is 9.47 Å². The molecular weight excluding hydrogens is 318 g/mol. The van der Waals surface area contributed by atoms with E-state index < -0.39 is 11.9 Å². The van der Waals surface area contributed by atoms with Gasteiger partial charge in [-0.3, -0.25) is 0 Å². The van der Waals surface area contributed by atoms with Gasteiger partial charge in [0, 0.05) is 33.0 Å². The molecule has 1 aromatic heterocycles. The predicted molar refractivity (Wildman–Crippen MR) is 96.7 cm³/mol. The summed E-state index contributed by atoms with van der Waals surface area (Å²) in [5.74, 6) is -0.109. The van der Waals surface area contributed by atoms with Crippen LogP contribution in [0.1, 0.15) is 13.8 Å². The molecule has 0 atom stereocenters. The Morgan fingerprint density at radius 3 is 1.56 bits per heavy atom. The van der Waals surface area contributed by atoms with E-state index in [0.29, 0.717) is 22.6 Å². The van der Waals surface area contributed by atoms with Gasteiger partial charge in [-0.05, 0) is 50.2 Å². The van der Waals surface area contributed by atoms with Gasteiger partial charge in [0.2, 0.25) is 0 Å². The van der Waals surface area contributed by atoms with Gasteiger partial charge in [0.25, 0.3) is 0 Å². The summed E-state index contributed by atoms with van der Waals surface area (Å²) in [6.45, 7) is 10.3. The van der Waals surface area contributed by atoms with Crippen LogP contribution < -0.4 is 9.47 Å². The highest BCUT2D eigenvalue weighted by Gasteiger charge is 2.11. The van der Waals surface area contributed by atoms with E-state index >= 15 is 0 Å². The van der Waals surface area contributed by atoms with E-state index in [0.717, 1.165) is 21.8 Å². The number of aromatic nitrogens is 1. The third-order valence-corrected chi connectivity index (χ3v) is 3.66. The smallest absolute Gasteiger partial charge is 0.338 e. The number of esters is 2. The number of hydrogen-bond donors (Lipinski definition) is 1. The number of hydrogen-bond acceptors (Lipinski definition) is 4. The molecule has 0 saturated carbocycles. The Balaban J connectivity index is 2.03. The maximum absolute atomic E-state index is 11.7. The summed E-state index contributed by atoms with van der Waals surface area (Å²) in [5.41, 5.74) is 2.42. The highest BCUT2D eigenvalue weighted by atomic mass is 16.5. The van der Waals surface area contributed by atoms with Crippen molar-refractivity contribution in [2.75, 3.05) is 0 Å². The van der Waals surface area contributed by atoms with Gasteiger partial charge in [-0.1, -0.05) is 13.2 Å². The lowest BCUT2D eigenvalue weighted by atomic mass is 10.1. The maximum atomic E-state index is 11.7. The Morgan fingerprint density at radius 2 is 1.20 bits per heavy atom. The second kappa shape index (κ2) is 6.28. The lowest BCUT2D eigenvalue weighted by Gasteiger charge is -2.05. The molecule has 0 bridgehead atoms. The predicted octanol–water partition coefficient (Wildman–Crippen LogP) is 4.28. The Kier molecular flexibility index (Phi) is 4.15.